The molecule has 1 aliphatic rings. The number of rotatable bonds is 4. The van der Waals surface area contributed by atoms with Crippen molar-refractivity contribution in [3.05, 3.63) is 33.8 Å². The maximum Gasteiger partial charge on any atom is 0.164 e. The van der Waals surface area contributed by atoms with Crippen molar-refractivity contribution in [3.8, 4) is 0 Å². The molecule has 0 aliphatic carbocycles. The Morgan fingerprint density at radius 1 is 1.24 bits per heavy atom. The largest absolute Gasteiger partial charge is 0.350 e. The van der Waals surface area contributed by atoms with Crippen LogP contribution in [-0.4, -0.2) is 25.3 Å². The molecule has 5 heteroatoms. The molecule has 1 aromatic rings. The topological polar surface area (TPSA) is 35.5 Å². The molecule has 3 nitrogen and oxygen atoms in total. The minimum atomic E-state index is -0.384. The first kappa shape index (κ1) is 12.8. The lowest BCUT2D eigenvalue weighted by atomic mass is 10.1. The van der Waals surface area contributed by atoms with Crippen molar-refractivity contribution in [3.63, 3.8) is 0 Å². The Kier molecular flexibility index (Phi) is 4.40. The van der Waals surface area contributed by atoms with E-state index in [2.05, 4.69) is 0 Å². The second kappa shape index (κ2) is 5.83. The van der Waals surface area contributed by atoms with E-state index in [4.69, 9.17) is 32.7 Å². The molecule has 2 rings (SSSR count). The van der Waals surface area contributed by atoms with Crippen molar-refractivity contribution < 1.29 is 14.3 Å². The van der Waals surface area contributed by atoms with Crippen molar-refractivity contribution in [2.75, 3.05) is 13.2 Å². The Bertz CT molecular complexity index is 414. The summed E-state index contributed by atoms with van der Waals surface area (Å²) in [4.78, 5) is 11.7. The summed E-state index contributed by atoms with van der Waals surface area (Å²) in [5.74, 6) is 0.0651. The fraction of sp³-hybridized carbons (Fsp3) is 0.417. The fourth-order valence-electron chi connectivity index (χ4n) is 1.66. The fourth-order valence-corrected chi connectivity index (χ4v) is 1.98. The van der Waals surface area contributed by atoms with E-state index in [0.29, 0.717) is 29.7 Å². The highest BCUT2D eigenvalue weighted by molar-refractivity contribution is 6.42. The zero-order valence-electron chi connectivity index (χ0n) is 9.12. The van der Waals surface area contributed by atoms with E-state index in [1.807, 2.05) is 0 Å². The average molecular weight is 275 g/mol. The van der Waals surface area contributed by atoms with Crippen LogP contribution in [0.5, 0.6) is 0 Å². The van der Waals surface area contributed by atoms with Crippen molar-refractivity contribution in [1.82, 2.24) is 0 Å². The summed E-state index contributed by atoms with van der Waals surface area (Å²) in [7, 11) is 0. The number of halogens is 2. The number of Topliss-reactive ketones (excluding diaryl/α,β-unsaturated/α-hetero) is 1. The molecule has 1 aromatic carbocycles. The molecule has 1 saturated heterocycles. The second-order valence-corrected chi connectivity index (χ2v) is 4.65. The first-order valence-corrected chi connectivity index (χ1v) is 6.09. The third kappa shape index (κ3) is 3.68. The van der Waals surface area contributed by atoms with Crippen molar-refractivity contribution in [1.29, 1.82) is 0 Å². The second-order valence-electron chi connectivity index (χ2n) is 3.84. The Morgan fingerprint density at radius 3 is 2.59 bits per heavy atom. The number of ketones is 1. The smallest absolute Gasteiger partial charge is 0.164 e. The Hall–Kier alpha value is -0.610. The van der Waals surface area contributed by atoms with Crippen LogP contribution in [0, 0.1) is 0 Å². The number of carbonyl (C=O) groups excluding carboxylic acids is 1. The number of hydrogen-bond donors (Lipinski definition) is 0. The molecule has 1 fully saturated rings. The van der Waals surface area contributed by atoms with E-state index in [9.17, 15) is 4.79 Å². The molecule has 0 aromatic heterocycles. The predicted octanol–water partition coefficient (Wildman–Crippen LogP) is 2.87. The van der Waals surface area contributed by atoms with Gasteiger partial charge in [0, 0.05) is 6.42 Å². The van der Waals surface area contributed by atoms with Gasteiger partial charge in [0.15, 0.2) is 6.29 Å². The molecule has 92 valence electrons. The first-order chi connectivity index (χ1) is 8.15. The molecular formula is C12H12Cl2O3. The van der Waals surface area contributed by atoms with Crippen LogP contribution in [0.15, 0.2) is 18.2 Å². The lowest BCUT2D eigenvalue weighted by Gasteiger charge is -2.08. The molecule has 0 atom stereocenters. The monoisotopic (exact) mass is 274 g/mol. The van der Waals surface area contributed by atoms with Crippen LogP contribution in [0.1, 0.15) is 12.0 Å². The van der Waals surface area contributed by atoms with E-state index < -0.39 is 0 Å². The summed E-state index contributed by atoms with van der Waals surface area (Å²) in [6.07, 6.45) is 0.214. The van der Waals surface area contributed by atoms with Gasteiger partial charge in [0.2, 0.25) is 0 Å². The first-order valence-electron chi connectivity index (χ1n) is 5.34. The average Bonchev–Trinajstić information content (AvgIpc) is 2.76. The van der Waals surface area contributed by atoms with Gasteiger partial charge in [0.25, 0.3) is 0 Å². The predicted molar refractivity (Wildman–Crippen MR) is 65.5 cm³/mol. The van der Waals surface area contributed by atoms with Crippen LogP contribution < -0.4 is 0 Å². The molecule has 0 radical (unpaired) electrons. The molecule has 0 bridgehead atoms. The molecule has 0 saturated carbocycles. The Labute approximate surface area is 110 Å². The maximum absolute atomic E-state index is 11.7. The normalized spacial score (nSPS) is 16.4. The van der Waals surface area contributed by atoms with E-state index in [-0.39, 0.29) is 18.5 Å². The summed E-state index contributed by atoms with van der Waals surface area (Å²) in [6.45, 7) is 1.12. The SMILES string of the molecule is O=C(Cc1ccc(Cl)c(Cl)c1)CC1OCCO1. The van der Waals surface area contributed by atoms with Gasteiger partial charge < -0.3 is 9.47 Å². The van der Waals surface area contributed by atoms with Crippen molar-refractivity contribution >= 4 is 29.0 Å². The van der Waals surface area contributed by atoms with Gasteiger partial charge in [0.1, 0.15) is 5.78 Å². The molecule has 1 heterocycles. The van der Waals surface area contributed by atoms with E-state index in [1.54, 1.807) is 18.2 Å². The molecule has 0 unspecified atom stereocenters. The van der Waals surface area contributed by atoms with Crippen LogP contribution in [0.25, 0.3) is 0 Å². The number of benzene rings is 1. The zero-order valence-corrected chi connectivity index (χ0v) is 10.6. The number of hydrogen-bond acceptors (Lipinski definition) is 3. The zero-order chi connectivity index (χ0) is 12.3. The third-order valence-corrected chi connectivity index (χ3v) is 3.21. The Balaban J connectivity index is 1.90. The van der Waals surface area contributed by atoms with Gasteiger partial charge in [-0.1, -0.05) is 29.3 Å². The highest BCUT2D eigenvalue weighted by Crippen LogP contribution is 2.23. The minimum Gasteiger partial charge on any atom is -0.350 e. The van der Waals surface area contributed by atoms with Gasteiger partial charge in [-0.3, -0.25) is 4.79 Å². The molecule has 0 N–H and O–H groups in total. The van der Waals surface area contributed by atoms with Crippen LogP contribution in [0.4, 0.5) is 0 Å². The van der Waals surface area contributed by atoms with Crippen LogP contribution in [-0.2, 0) is 20.7 Å². The van der Waals surface area contributed by atoms with Crippen molar-refractivity contribution in [2.24, 2.45) is 0 Å². The summed E-state index contributed by atoms with van der Waals surface area (Å²) in [6, 6.07) is 5.19. The highest BCUT2D eigenvalue weighted by atomic mass is 35.5. The van der Waals surface area contributed by atoms with Crippen LogP contribution in [0.2, 0.25) is 10.0 Å². The molecular weight excluding hydrogens is 263 g/mol. The minimum absolute atomic E-state index is 0.0651. The standard InChI is InChI=1S/C12H12Cl2O3/c13-10-2-1-8(6-11(10)14)5-9(15)7-12-16-3-4-17-12/h1-2,6,12H,3-5,7H2. The lowest BCUT2D eigenvalue weighted by molar-refractivity contribution is -0.126. The molecule has 17 heavy (non-hydrogen) atoms. The summed E-state index contributed by atoms with van der Waals surface area (Å²) >= 11 is 11.7. The van der Waals surface area contributed by atoms with Gasteiger partial charge in [-0.05, 0) is 17.7 Å². The van der Waals surface area contributed by atoms with E-state index in [1.165, 1.54) is 0 Å². The summed E-state index contributed by atoms with van der Waals surface area (Å²) in [5, 5.41) is 0.954. The third-order valence-electron chi connectivity index (χ3n) is 2.47. The Morgan fingerprint density at radius 2 is 1.94 bits per heavy atom. The quantitative estimate of drug-likeness (QED) is 0.847. The van der Waals surface area contributed by atoms with Gasteiger partial charge in [-0.25, -0.2) is 0 Å². The maximum atomic E-state index is 11.7. The van der Waals surface area contributed by atoms with Gasteiger partial charge in [-0.15, -0.1) is 0 Å². The van der Waals surface area contributed by atoms with Crippen LogP contribution >= 0.6 is 23.2 Å². The number of ether oxygens (including phenoxy) is 2. The number of carbonyl (C=O) groups is 1. The molecule has 0 amide bonds. The molecule has 1 aliphatic heterocycles. The van der Waals surface area contributed by atoms with Crippen molar-refractivity contribution in [2.45, 2.75) is 19.1 Å². The summed E-state index contributed by atoms with van der Waals surface area (Å²) in [5.41, 5.74) is 0.849. The van der Waals surface area contributed by atoms with Crippen LogP contribution in [0.3, 0.4) is 0 Å². The van der Waals surface area contributed by atoms with E-state index >= 15 is 0 Å². The van der Waals surface area contributed by atoms with E-state index in [0.717, 1.165) is 5.56 Å². The highest BCUT2D eigenvalue weighted by Gasteiger charge is 2.19. The van der Waals surface area contributed by atoms with Gasteiger partial charge in [-0.2, -0.15) is 0 Å². The van der Waals surface area contributed by atoms with Gasteiger partial charge >= 0.3 is 0 Å². The lowest BCUT2D eigenvalue weighted by Crippen LogP contribution is -2.15. The summed E-state index contributed by atoms with van der Waals surface area (Å²) < 4.78 is 10.4. The molecule has 0 spiro atoms. The van der Waals surface area contributed by atoms with Gasteiger partial charge in [0.05, 0.1) is 29.7 Å².